The van der Waals surface area contributed by atoms with E-state index >= 15 is 0 Å². The van der Waals surface area contributed by atoms with Gasteiger partial charge in [0.15, 0.2) is 0 Å². The molecular formula is C12H13BrFNOS. The maximum Gasteiger partial charge on any atom is 0.136 e. The zero-order valence-electron chi connectivity index (χ0n) is 9.21. The number of benzene rings is 1. The van der Waals surface area contributed by atoms with Gasteiger partial charge in [0, 0.05) is 17.9 Å². The molecule has 1 saturated carbocycles. The molecule has 1 aromatic carbocycles. The van der Waals surface area contributed by atoms with Crippen LogP contribution < -0.4 is 10.5 Å². The summed E-state index contributed by atoms with van der Waals surface area (Å²) in [6, 6.07) is 4.40. The predicted molar refractivity (Wildman–Crippen MR) is 72.7 cm³/mol. The third-order valence-electron chi connectivity index (χ3n) is 2.93. The maximum atomic E-state index is 13.1. The highest BCUT2D eigenvalue weighted by atomic mass is 79.9. The predicted octanol–water partition coefficient (Wildman–Crippen LogP) is 3.42. The van der Waals surface area contributed by atoms with E-state index in [9.17, 15) is 4.39 Å². The Balaban J connectivity index is 1.98. The van der Waals surface area contributed by atoms with Gasteiger partial charge in [-0.1, -0.05) is 12.2 Å². The lowest BCUT2D eigenvalue weighted by atomic mass is 10.0. The Hall–Kier alpha value is -0.680. The van der Waals surface area contributed by atoms with Crippen molar-refractivity contribution in [2.45, 2.75) is 19.3 Å². The minimum Gasteiger partial charge on any atom is -0.492 e. The topological polar surface area (TPSA) is 35.2 Å². The van der Waals surface area contributed by atoms with Crippen molar-refractivity contribution in [3.63, 3.8) is 0 Å². The lowest BCUT2D eigenvalue weighted by Crippen LogP contribution is -2.21. The molecule has 1 aliphatic carbocycles. The van der Waals surface area contributed by atoms with Gasteiger partial charge in [-0.25, -0.2) is 4.39 Å². The van der Waals surface area contributed by atoms with Gasteiger partial charge in [-0.15, -0.1) is 0 Å². The van der Waals surface area contributed by atoms with Crippen LogP contribution in [0.2, 0.25) is 0 Å². The molecule has 1 fully saturated rings. The van der Waals surface area contributed by atoms with Gasteiger partial charge in [-0.3, -0.25) is 0 Å². The molecule has 1 aliphatic rings. The fourth-order valence-electron chi connectivity index (χ4n) is 1.74. The Bertz CT molecular complexity index is 448. The van der Waals surface area contributed by atoms with E-state index in [0.717, 1.165) is 17.3 Å². The Morgan fingerprint density at radius 1 is 1.53 bits per heavy atom. The van der Waals surface area contributed by atoms with Gasteiger partial charge >= 0.3 is 0 Å². The van der Waals surface area contributed by atoms with E-state index in [1.165, 1.54) is 12.1 Å². The van der Waals surface area contributed by atoms with Crippen molar-refractivity contribution in [2.75, 3.05) is 6.61 Å². The summed E-state index contributed by atoms with van der Waals surface area (Å²) < 4.78 is 19.4. The maximum absolute atomic E-state index is 13.1. The molecule has 2 rings (SSSR count). The zero-order chi connectivity index (χ0) is 12.5. The lowest BCUT2D eigenvalue weighted by molar-refractivity contribution is 0.237. The highest BCUT2D eigenvalue weighted by Gasteiger charge is 2.43. The average molecular weight is 318 g/mol. The number of rotatable bonds is 5. The van der Waals surface area contributed by atoms with E-state index in [2.05, 4.69) is 15.9 Å². The SMILES string of the molecule is NC(=S)CC1(COc2cc(F)ccc2Br)CC1. The summed E-state index contributed by atoms with van der Waals surface area (Å²) in [7, 11) is 0. The van der Waals surface area contributed by atoms with Crippen LogP contribution in [0.15, 0.2) is 22.7 Å². The summed E-state index contributed by atoms with van der Waals surface area (Å²) in [5, 5.41) is 0. The van der Waals surface area contributed by atoms with Gasteiger partial charge in [0.05, 0.1) is 16.1 Å². The number of nitrogens with two attached hydrogens (primary N) is 1. The molecular weight excluding hydrogens is 305 g/mol. The van der Waals surface area contributed by atoms with Gasteiger partial charge in [-0.2, -0.15) is 0 Å². The first kappa shape index (κ1) is 12.8. The molecule has 0 amide bonds. The van der Waals surface area contributed by atoms with E-state index in [1.54, 1.807) is 6.07 Å². The molecule has 0 unspecified atom stereocenters. The number of thiocarbonyl (C=S) groups is 1. The van der Waals surface area contributed by atoms with E-state index < -0.39 is 0 Å². The molecule has 5 heteroatoms. The first-order chi connectivity index (χ1) is 8.01. The monoisotopic (exact) mass is 317 g/mol. The number of halogens is 2. The van der Waals surface area contributed by atoms with Gasteiger partial charge in [0.2, 0.25) is 0 Å². The smallest absolute Gasteiger partial charge is 0.136 e. The first-order valence-electron chi connectivity index (χ1n) is 5.37. The number of hydrogen-bond donors (Lipinski definition) is 1. The molecule has 0 saturated heterocycles. The van der Waals surface area contributed by atoms with E-state index in [1.807, 2.05) is 0 Å². The minimum absolute atomic E-state index is 0.0809. The molecule has 0 radical (unpaired) electrons. The second kappa shape index (κ2) is 4.90. The molecule has 0 aromatic heterocycles. The summed E-state index contributed by atoms with van der Waals surface area (Å²) in [4.78, 5) is 0.518. The van der Waals surface area contributed by atoms with Gasteiger partial charge in [-0.05, 0) is 40.9 Å². The Kier molecular flexibility index (Phi) is 3.68. The standard InChI is InChI=1S/C12H13BrFNOS/c13-9-2-1-8(14)5-10(9)16-7-12(3-4-12)6-11(15)17/h1-2,5H,3-4,6-7H2,(H2,15,17). The fraction of sp³-hybridized carbons (Fsp3) is 0.417. The fourth-order valence-corrected chi connectivity index (χ4v) is 2.40. The number of ether oxygens (including phenoxy) is 1. The minimum atomic E-state index is -0.303. The summed E-state index contributed by atoms with van der Waals surface area (Å²) >= 11 is 8.24. The van der Waals surface area contributed by atoms with E-state index in [4.69, 9.17) is 22.7 Å². The van der Waals surface area contributed by atoms with E-state index in [-0.39, 0.29) is 11.2 Å². The Morgan fingerprint density at radius 3 is 2.82 bits per heavy atom. The van der Waals surface area contributed by atoms with Crippen LogP contribution >= 0.6 is 28.1 Å². The number of hydrogen-bond acceptors (Lipinski definition) is 2. The van der Waals surface area contributed by atoms with Gasteiger partial charge in [0.25, 0.3) is 0 Å². The molecule has 0 atom stereocenters. The van der Waals surface area contributed by atoms with Crippen LogP contribution in [0.1, 0.15) is 19.3 Å². The molecule has 2 N–H and O–H groups in total. The van der Waals surface area contributed by atoms with Crippen molar-refractivity contribution in [3.05, 3.63) is 28.5 Å². The van der Waals surface area contributed by atoms with Crippen molar-refractivity contribution in [1.82, 2.24) is 0 Å². The van der Waals surface area contributed by atoms with Crippen LogP contribution in [-0.4, -0.2) is 11.6 Å². The summed E-state index contributed by atoms with van der Waals surface area (Å²) in [6.07, 6.45) is 2.84. The van der Waals surface area contributed by atoms with Crippen LogP contribution in [0.4, 0.5) is 4.39 Å². The second-order valence-electron chi connectivity index (χ2n) is 4.51. The van der Waals surface area contributed by atoms with Crippen LogP contribution in [0.5, 0.6) is 5.75 Å². The summed E-state index contributed by atoms with van der Waals surface area (Å²) in [5.41, 5.74) is 5.63. The van der Waals surface area contributed by atoms with Crippen LogP contribution in [-0.2, 0) is 0 Å². The third kappa shape index (κ3) is 3.39. The molecule has 0 spiro atoms. The van der Waals surface area contributed by atoms with Gasteiger partial charge < -0.3 is 10.5 Å². The lowest BCUT2D eigenvalue weighted by Gasteiger charge is -2.16. The van der Waals surface area contributed by atoms with Crippen molar-refractivity contribution in [2.24, 2.45) is 11.1 Å². The van der Waals surface area contributed by atoms with Crippen LogP contribution in [0.3, 0.4) is 0 Å². The van der Waals surface area contributed by atoms with E-state index in [0.29, 0.717) is 23.8 Å². The highest BCUT2D eigenvalue weighted by Crippen LogP contribution is 2.49. The molecule has 0 aliphatic heterocycles. The zero-order valence-corrected chi connectivity index (χ0v) is 11.6. The van der Waals surface area contributed by atoms with Crippen molar-refractivity contribution >= 4 is 33.1 Å². The molecule has 92 valence electrons. The Labute approximate surface area is 113 Å². The summed E-state index contributed by atoms with van der Waals surface area (Å²) in [5.74, 6) is 0.224. The molecule has 0 bridgehead atoms. The van der Waals surface area contributed by atoms with Crippen molar-refractivity contribution < 1.29 is 9.13 Å². The molecule has 17 heavy (non-hydrogen) atoms. The summed E-state index contributed by atoms with van der Waals surface area (Å²) in [6.45, 7) is 0.534. The largest absolute Gasteiger partial charge is 0.492 e. The Morgan fingerprint density at radius 2 is 2.24 bits per heavy atom. The third-order valence-corrected chi connectivity index (χ3v) is 3.73. The molecule has 1 aromatic rings. The molecule has 2 nitrogen and oxygen atoms in total. The van der Waals surface area contributed by atoms with Gasteiger partial charge in [0.1, 0.15) is 11.6 Å². The van der Waals surface area contributed by atoms with Crippen molar-refractivity contribution in [3.8, 4) is 5.75 Å². The first-order valence-corrected chi connectivity index (χ1v) is 6.57. The second-order valence-corrected chi connectivity index (χ2v) is 5.89. The van der Waals surface area contributed by atoms with Crippen molar-refractivity contribution in [1.29, 1.82) is 0 Å². The molecule has 0 heterocycles. The van der Waals surface area contributed by atoms with Crippen LogP contribution in [0.25, 0.3) is 0 Å². The quantitative estimate of drug-likeness (QED) is 0.845. The average Bonchev–Trinajstić information content (AvgIpc) is 2.99. The highest BCUT2D eigenvalue weighted by molar-refractivity contribution is 9.10. The van der Waals surface area contributed by atoms with Crippen LogP contribution in [0, 0.1) is 11.2 Å². The normalized spacial score (nSPS) is 16.6.